The highest BCUT2D eigenvalue weighted by Crippen LogP contribution is 2.37. The largest absolute Gasteiger partial charge is 0.480 e. The molecular formula is C18H20N2O4S2. The van der Waals surface area contributed by atoms with Crippen molar-refractivity contribution in [3.8, 4) is 0 Å². The molecule has 0 bridgehead atoms. The van der Waals surface area contributed by atoms with Crippen LogP contribution in [-0.2, 0) is 22.4 Å². The van der Waals surface area contributed by atoms with Crippen molar-refractivity contribution in [2.75, 3.05) is 0 Å². The van der Waals surface area contributed by atoms with Crippen LogP contribution < -0.4 is 11.5 Å². The first-order chi connectivity index (χ1) is 12.3. The number of carbonyl (C=O) groups is 2. The summed E-state index contributed by atoms with van der Waals surface area (Å²) in [6.45, 7) is 0. The summed E-state index contributed by atoms with van der Waals surface area (Å²) in [5, 5.41) is 17.7. The Bertz CT molecular complexity index is 685. The number of nitrogens with two attached hydrogens (primary N) is 2. The van der Waals surface area contributed by atoms with Gasteiger partial charge in [-0.15, -0.1) is 0 Å². The molecule has 2 atom stereocenters. The molecule has 0 saturated heterocycles. The fourth-order valence-electron chi connectivity index (χ4n) is 2.14. The molecule has 138 valence electrons. The molecule has 0 aliphatic heterocycles. The van der Waals surface area contributed by atoms with Crippen LogP contribution in [0.25, 0.3) is 0 Å². The lowest BCUT2D eigenvalue weighted by Gasteiger charge is -2.08. The smallest absolute Gasteiger partial charge is 0.320 e. The monoisotopic (exact) mass is 392 g/mol. The van der Waals surface area contributed by atoms with Crippen LogP contribution >= 0.6 is 21.6 Å². The van der Waals surface area contributed by atoms with Gasteiger partial charge in [-0.25, -0.2) is 0 Å². The number of hydrogen-bond acceptors (Lipinski definition) is 6. The lowest BCUT2D eigenvalue weighted by molar-refractivity contribution is -0.139. The molecule has 2 rings (SSSR count). The van der Waals surface area contributed by atoms with E-state index in [1.165, 1.54) is 0 Å². The number of rotatable bonds is 9. The SMILES string of the molecule is N[C@@H](Cc1ccc(SSc2ccc(C[C@H](N)C(=O)O)cc2)cc1)C(=O)O. The van der Waals surface area contributed by atoms with Gasteiger partial charge in [-0.05, 0) is 48.2 Å². The highest BCUT2D eigenvalue weighted by atomic mass is 33.1. The molecule has 0 aliphatic carbocycles. The van der Waals surface area contributed by atoms with E-state index in [1.54, 1.807) is 21.6 Å². The van der Waals surface area contributed by atoms with Gasteiger partial charge in [0.25, 0.3) is 0 Å². The summed E-state index contributed by atoms with van der Waals surface area (Å²) in [6, 6.07) is 13.5. The van der Waals surface area contributed by atoms with Crippen molar-refractivity contribution in [3.05, 3.63) is 59.7 Å². The Labute approximate surface area is 159 Å². The molecule has 8 heteroatoms. The average Bonchev–Trinajstić information content (AvgIpc) is 2.62. The molecule has 2 aromatic carbocycles. The average molecular weight is 393 g/mol. The zero-order valence-corrected chi connectivity index (χ0v) is 15.5. The van der Waals surface area contributed by atoms with Crippen LogP contribution in [0, 0.1) is 0 Å². The lowest BCUT2D eigenvalue weighted by Crippen LogP contribution is -2.32. The number of hydrogen-bond donors (Lipinski definition) is 4. The summed E-state index contributed by atoms with van der Waals surface area (Å²) in [6.07, 6.45) is 0.598. The Balaban J connectivity index is 1.86. The molecule has 2 aromatic rings. The molecule has 6 nitrogen and oxygen atoms in total. The normalized spacial score (nSPS) is 13.2. The Kier molecular flexibility index (Phi) is 7.52. The summed E-state index contributed by atoms with van der Waals surface area (Å²) >= 11 is 0. The summed E-state index contributed by atoms with van der Waals surface area (Å²) in [5.41, 5.74) is 12.8. The Hall–Kier alpha value is -2.00. The second-order valence-corrected chi connectivity index (χ2v) is 8.03. The van der Waals surface area contributed by atoms with E-state index in [0.29, 0.717) is 12.8 Å². The minimum absolute atomic E-state index is 0.299. The molecular weight excluding hydrogens is 372 g/mol. The summed E-state index contributed by atoms with van der Waals surface area (Å²) in [4.78, 5) is 23.6. The summed E-state index contributed by atoms with van der Waals surface area (Å²) in [5.74, 6) is -2.02. The zero-order chi connectivity index (χ0) is 19.1. The second kappa shape index (κ2) is 9.63. The van der Waals surface area contributed by atoms with Gasteiger partial charge in [0.1, 0.15) is 12.1 Å². The van der Waals surface area contributed by atoms with Crippen molar-refractivity contribution in [3.63, 3.8) is 0 Å². The van der Waals surface area contributed by atoms with E-state index in [2.05, 4.69) is 0 Å². The minimum atomic E-state index is -1.01. The lowest BCUT2D eigenvalue weighted by atomic mass is 10.1. The third-order valence-electron chi connectivity index (χ3n) is 3.63. The Morgan fingerprint density at radius 1 is 0.731 bits per heavy atom. The predicted octanol–water partition coefficient (Wildman–Crippen LogP) is 2.39. The van der Waals surface area contributed by atoms with Gasteiger partial charge in [0.15, 0.2) is 0 Å². The number of aliphatic carboxylic acids is 2. The van der Waals surface area contributed by atoms with E-state index in [-0.39, 0.29) is 0 Å². The minimum Gasteiger partial charge on any atom is -0.480 e. The summed E-state index contributed by atoms with van der Waals surface area (Å²) in [7, 11) is 3.16. The number of benzene rings is 2. The molecule has 0 fully saturated rings. The van der Waals surface area contributed by atoms with Gasteiger partial charge in [0.05, 0.1) is 0 Å². The van der Waals surface area contributed by atoms with Crippen LogP contribution in [-0.4, -0.2) is 34.2 Å². The maximum atomic E-state index is 10.8. The third-order valence-corrected chi connectivity index (χ3v) is 6.04. The fraction of sp³-hybridized carbons (Fsp3) is 0.222. The van der Waals surface area contributed by atoms with Gasteiger partial charge < -0.3 is 21.7 Å². The first-order valence-corrected chi connectivity index (χ1v) is 9.99. The van der Waals surface area contributed by atoms with Crippen molar-refractivity contribution in [2.45, 2.75) is 34.7 Å². The van der Waals surface area contributed by atoms with E-state index in [1.807, 2.05) is 48.5 Å². The summed E-state index contributed by atoms with van der Waals surface area (Å²) < 4.78 is 0. The molecule has 0 heterocycles. The second-order valence-electron chi connectivity index (χ2n) is 5.75. The van der Waals surface area contributed by atoms with E-state index in [0.717, 1.165) is 20.9 Å². The molecule has 6 N–H and O–H groups in total. The molecule has 0 aliphatic rings. The standard InChI is InChI=1S/C18H20N2O4S2/c19-15(17(21)22)9-11-1-5-13(6-2-11)25-26-14-7-3-12(4-8-14)10-16(20)18(23)24/h1-8,15-16H,9-10,19-20H2,(H,21,22)(H,23,24)/t15-,16-/m0/s1. The van der Waals surface area contributed by atoms with Crippen LogP contribution in [0.15, 0.2) is 58.3 Å². The first kappa shape index (κ1) is 20.3. The first-order valence-electron chi connectivity index (χ1n) is 7.84. The van der Waals surface area contributed by atoms with Crippen LogP contribution in [0.2, 0.25) is 0 Å². The Morgan fingerprint density at radius 3 is 1.31 bits per heavy atom. The van der Waals surface area contributed by atoms with Gasteiger partial charge in [-0.3, -0.25) is 9.59 Å². The van der Waals surface area contributed by atoms with Crippen molar-refractivity contribution in [1.29, 1.82) is 0 Å². The maximum absolute atomic E-state index is 10.8. The Morgan fingerprint density at radius 2 is 1.04 bits per heavy atom. The molecule has 0 unspecified atom stereocenters. The van der Waals surface area contributed by atoms with Crippen LogP contribution in [0.3, 0.4) is 0 Å². The van der Waals surface area contributed by atoms with Crippen molar-refractivity contribution in [2.24, 2.45) is 11.5 Å². The number of carboxylic acid groups (broad SMARTS) is 2. The van der Waals surface area contributed by atoms with Gasteiger partial charge in [-0.1, -0.05) is 45.9 Å². The van der Waals surface area contributed by atoms with E-state index < -0.39 is 24.0 Å². The van der Waals surface area contributed by atoms with Gasteiger partial charge >= 0.3 is 11.9 Å². The molecule has 0 spiro atoms. The van der Waals surface area contributed by atoms with E-state index in [4.69, 9.17) is 21.7 Å². The zero-order valence-electron chi connectivity index (χ0n) is 13.9. The fourth-order valence-corrected chi connectivity index (χ4v) is 4.07. The van der Waals surface area contributed by atoms with Gasteiger partial charge in [-0.2, -0.15) is 0 Å². The van der Waals surface area contributed by atoms with Crippen molar-refractivity contribution >= 4 is 33.5 Å². The highest BCUT2D eigenvalue weighted by Gasteiger charge is 2.13. The van der Waals surface area contributed by atoms with Gasteiger partial charge in [0, 0.05) is 9.79 Å². The van der Waals surface area contributed by atoms with Crippen LogP contribution in [0.4, 0.5) is 0 Å². The highest BCUT2D eigenvalue weighted by molar-refractivity contribution is 8.76. The van der Waals surface area contributed by atoms with E-state index >= 15 is 0 Å². The number of carboxylic acids is 2. The molecule has 26 heavy (non-hydrogen) atoms. The maximum Gasteiger partial charge on any atom is 0.320 e. The molecule has 0 aromatic heterocycles. The van der Waals surface area contributed by atoms with Crippen molar-refractivity contribution < 1.29 is 19.8 Å². The van der Waals surface area contributed by atoms with Crippen molar-refractivity contribution in [1.82, 2.24) is 0 Å². The van der Waals surface area contributed by atoms with Gasteiger partial charge in [0.2, 0.25) is 0 Å². The van der Waals surface area contributed by atoms with E-state index in [9.17, 15) is 9.59 Å². The van der Waals surface area contributed by atoms with Crippen LogP contribution in [0.5, 0.6) is 0 Å². The van der Waals surface area contributed by atoms with Crippen LogP contribution in [0.1, 0.15) is 11.1 Å². The topological polar surface area (TPSA) is 127 Å². The predicted molar refractivity (Wildman–Crippen MR) is 103 cm³/mol. The molecule has 0 saturated carbocycles. The molecule has 0 radical (unpaired) electrons. The third kappa shape index (κ3) is 6.38. The quantitative estimate of drug-likeness (QED) is 0.479. The molecule has 0 amide bonds.